The van der Waals surface area contributed by atoms with Crippen molar-refractivity contribution in [3.63, 3.8) is 0 Å². The molecule has 0 unspecified atom stereocenters. The van der Waals surface area contributed by atoms with Gasteiger partial charge < -0.3 is 0 Å². The average molecular weight is 291 g/mol. The minimum atomic E-state index is -3.45. The first-order chi connectivity index (χ1) is 8.34. The zero-order valence-electron chi connectivity index (χ0n) is 9.54. The van der Waals surface area contributed by atoms with E-state index in [-0.39, 0.29) is 24.0 Å². The van der Waals surface area contributed by atoms with Crippen molar-refractivity contribution in [3.8, 4) is 0 Å². The standard InChI is InChI=1S/C10H11ClN2O4S/c1-18(16,17)12-6-7(5-11)9-3-2-8(13(14)15)4-10(9)12/h2-4,7H,5-6H2,1H3/t7-/m1/s1. The van der Waals surface area contributed by atoms with Gasteiger partial charge in [-0.2, -0.15) is 0 Å². The summed E-state index contributed by atoms with van der Waals surface area (Å²) in [6.45, 7) is 0.235. The zero-order valence-corrected chi connectivity index (χ0v) is 11.1. The van der Waals surface area contributed by atoms with Crippen molar-refractivity contribution in [2.24, 2.45) is 0 Å². The second-order valence-electron chi connectivity index (χ2n) is 4.15. The number of anilines is 1. The molecule has 6 nitrogen and oxygen atoms in total. The first-order valence-electron chi connectivity index (χ1n) is 5.16. The summed E-state index contributed by atoms with van der Waals surface area (Å²) in [7, 11) is -3.45. The maximum absolute atomic E-state index is 11.7. The molecule has 0 aliphatic carbocycles. The Morgan fingerprint density at radius 2 is 2.22 bits per heavy atom. The summed E-state index contributed by atoms with van der Waals surface area (Å²) >= 11 is 5.80. The first-order valence-corrected chi connectivity index (χ1v) is 7.55. The molecule has 0 fully saturated rings. The molecule has 0 bridgehead atoms. The van der Waals surface area contributed by atoms with Crippen molar-refractivity contribution in [2.45, 2.75) is 5.92 Å². The number of fused-ring (bicyclic) bond motifs is 1. The van der Waals surface area contributed by atoms with Crippen LogP contribution >= 0.6 is 11.6 Å². The maximum Gasteiger partial charge on any atom is 0.271 e. The number of hydrogen-bond donors (Lipinski definition) is 0. The monoisotopic (exact) mass is 290 g/mol. The van der Waals surface area contributed by atoms with Crippen LogP contribution in [0.15, 0.2) is 18.2 Å². The molecule has 1 aromatic rings. The van der Waals surface area contributed by atoms with Crippen molar-refractivity contribution < 1.29 is 13.3 Å². The SMILES string of the molecule is CS(=O)(=O)N1C[C@@H](CCl)c2ccc([N+](=O)[O-])cc21. The van der Waals surface area contributed by atoms with E-state index in [0.29, 0.717) is 5.69 Å². The third-order valence-corrected chi connectivity index (χ3v) is 4.43. The summed E-state index contributed by atoms with van der Waals surface area (Å²) in [5, 5.41) is 10.7. The molecule has 0 saturated carbocycles. The van der Waals surface area contributed by atoms with Crippen LogP contribution in [0.3, 0.4) is 0 Å². The van der Waals surface area contributed by atoms with Gasteiger partial charge in [0.15, 0.2) is 0 Å². The lowest BCUT2D eigenvalue weighted by Crippen LogP contribution is -2.28. The Bertz CT molecular complexity index is 602. The molecule has 0 radical (unpaired) electrons. The summed E-state index contributed by atoms with van der Waals surface area (Å²) in [6, 6.07) is 4.22. The number of halogens is 1. The van der Waals surface area contributed by atoms with Gasteiger partial charge in [-0.25, -0.2) is 8.42 Å². The molecule has 0 aromatic heterocycles. The summed E-state index contributed by atoms with van der Waals surface area (Å²) in [5.74, 6) is 0.147. The van der Waals surface area contributed by atoms with Gasteiger partial charge in [-0.3, -0.25) is 14.4 Å². The Hall–Kier alpha value is -1.34. The van der Waals surface area contributed by atoms with E-state index in [0.717, 1.165) is 11.8 Å². The minimum absolute atomic E-state index is 0.127. The number of nitro benzene ring substituents is 1. The van der Waals surface area contributed by atoms with Crippen molar-refractivity contribution >= 4 is 33.0 Å². The highest BCUT2D eigenvalue weighted by Gasteiger charge is 2.34. The van der Waals surface area contributed by atoms with Crippen LogP contribution in [0.25, 0.3) is 0 Å². The number of hydrogen-bond acceptors (Lipinski definition) is 4. The van der Waals surface area contributed by atoms with E-state index in [2.05, 4.69) is 0 Å². The molecule has 18 heavy (non-hydrogen) atoms. The average Bonchev–Trinajstić information content (AvgIpc) is 2.66. The summed E-state index contributed by atoms with van der Waals surface area (Å²) in [5.41, 5.74) is 0.969. The van der Waals surface area contributed by atoms with Gasteiger partial charge in [0.1, 0.15) is 0 Å². The first kappa shape index (κ1) is 13.1. The van der Waals surface area contributed by atoms with Crippen molar-refractivity contribution in [1.29, 1.82) is 0 Å². The van der Waals surface area contributed by atoms with Crippen LogP contribution in [-0.4, -0.2) is 32.0 Å². The van der Waals surface area contributed by atoms with Crippen molar-refractivity contribution in [1.82, 2.24) is 0 Å². The van der Waals surface area contributed by atoms with Gasteiger partial charge in [0.2, 0.25) is 10.0 Å². The van der Waals surface area contributed by atoms with E-state index >= 15 is 0 Å². The van der Waals surface area contributed by atoms with Crippen LogP contribution in [-0.2, 0) is 10.0 Å². The number of nitrogens with zero attached hydrogens (tertiary/aromatic N) is 2. The quantitative estimate of drug-likeness (QED) is 0.482. The molecular formula is C10H11ClN2O4S. The molecule has 1 atom stereocenters. The highest BCUT2D eigenvalue weighted by atomic mass is 35.5. The molecule has 0 N–H and O–H groups in total. The summed E-state index contributed by atoms with van der Waals surface area (Å²) in [4.78, 5) is 10.2. The van der Waals surface area contributed by atoms with E-state index in [1.165, 1.54) is 16.4 Å². The van der Waals surface area contributed by atoms with Crippen LogP contribution in [0.5, 0.6) is 0 Å². The fourth-order valence-electron chi connectivity index (χ4n) is 2.05. The second-order valence-corrected chi connectivity index (χ2v) is 6.36. The van der Waals surface area contributed by atoms with E-state index in [4.69, 9.17) is 11.6 Å². The fraction of sp³-hybridized carbons (Fsp3) is 0.400. The van der Waals surface area contributed by atoms with Gasteiger partial charge in [-0.15, -0.1) is 11.6 Å². The van der Waals surface area contributed by atoms with Gasteiger partial charge >= 0.3 is 0 Å². The lowest BCUT2D eigenvalue weighted by molar-refractivity contribution is -0.384. The number of non-ortho nitro benzene ring substituents is 1. The predicted molar refractivity (Wildman–Crippen MR) is 68.7 cm³/mol. The fourth-order valence-corrected chi connectivity index (χ4v) is 3.28. The lowest BCUT2D eigenvalue weighted by atomic mass is 10.0. The molecule has 1 aliphatic rings. The topological polar surface area (TPSA) is 80.5 Å². The van der Waals surface area contributed by atoms with Crippen molar-refractivity contribution in [2.75, 3.05) is 23.0 Å². The molecule has 0 amide bonds. The van der Waals surface area contributed by atoms with Crippen LogP contribution in [0, 0.1) is 10.1 Å². The third kappa shape index (κ3) is 2.15. The second kappa shape index (κ2) is 4.40. The molecule has 8 heteroatoms. The molecule has 1 heterocycles. The molecular weight excluding hydrogens is 280 g/mol. The van der Waals surface area contributed by atoms with Crippen LogP contribution < -0.4 is 4.31 Å². The highest BCUT2D eigenvalue weighted by Crippen LogP contribution is 2.40. The number of rotatable bonds is 3. The number of sulfonamides is 1. The van der Waals surface area contributed by atoms with Crippen LogP contribution in [0.2, 0.25) is 0 Å². The van der Waals surface area contributed by atoms with E-state index in [1.807, 2.05) is 0 Å². The Balaban J connectivity index is 2.58. The zero-order chi connectivity index (χ0) is 13.5. The highest BCUT2D eigenvalue weighted by molar-refractivity contribution is 7.92. The smallest absolute Gasteiger partial charge is 0.269 e. The molecule has 0 saturated heterocycles. The maximum atomic E-state index is 11.7. The van der Waals surface area contributed by atoms with Gasteiger partial charge in [0.05, 0.1) is 16.9 Å². The Kier molecular flexibility index (Phi) is 3.20. The number of benzene rings is 1. The Morgan fingerprint density at radius 3 is 2.72 bits per heavy atom. The van der Waals surface area contributed by atoms with Gasteiger partial charge in [-0.1, -0.05) is 0 Å². The molecule has 1 aromatic carbocycles. The summed E-state index contributed by atoms with van der Waals surface area (Å²) < 4.78 is 24.5. The van der Waals surface area contributed by atoms with Gasteiger partial charge in [0.25, 0.3) is 5.69 Å². The van der Waals surface area contributed by atoms with Gasteiger partial charge in [0, 0.05) is 30.5 Å². The molecule has 2 rings (SSSR count). The normalized spacial score (nSPS) is 18.8. The van der Waals surface area contributed by atoms with E-state index < -0.39 is 14.9 Å². The summed E-state index contributed by atoms with van der Waals surface area (Å²) in [6.07, 6.45) is 1.08. The predicted octanol–water partition coefficient (Wildman–Crippen LogP) is 1.70. The lowest BCUT2D eigenvalue weighted by Gasteiger charge is -2.16. The number of alkyl halides is 1. The molecule has 1 aliphatic heterocycles. The van der Waals surface area contributed by atoms with Gasteiger partial charge in [-0.05, 0) is 11.6 Å². The minimum Gasteiger partial charge on any atom is -0.269 e. The largest absolute Gasteiger partial charge is 0.271 e. The van der Waals surface area contributed by atoms with Crippen LogP contribution in [0.1, 0.15) is 11.5 Å². The number of nitro groups is 1. The van der Waals surface area contributed by atoms with Crippen molar-refractivity contribution in [3.05, 3.63) is 33.9 Å². The third-order valence-electron chi connectivity index (χ3n) is 2.91. The Labute approximate surface area is 109 Å². The van der Waals surface area contributed by atoms with Crippen LogP contribution in [0.4, 0.5) is 11.4 Å². The molecule has 98 valence electrons. The molecule has 0 spiro atoms. The van der Waals surface area contributed by atoms with E-state index in [9.17, 15) is 18.5 Å². The van der Waals surface area contributed by atoms with E-state index in [1.54, 1.807) is 6.07 Å². The Morgan fingerprint density at radius 1 is 1.56 bits per heavy atom.